The molecule has 0 heterocycles. The lowest BCUT2D eigenvalue weighted by molar-refractivity contribution is -0.146. The molecule has 0 saturated carbocycles. The Morgan fingerprint density at radius 2 is 1.44 bits per heavy atom. The fourth-order valence-electron chi connectivity index (χ4n) is 4.43. The largest absolute Gasteiger partial charge is 0.467 e. The maximum absolute atomic E-state index is 13.5. The average molecular weight is 595 g/mol. The molecule has 0 aliphatic rings. The monoisotopic (exact) mass is 594 g/mol. The molecule has 0 radical (unpaired) electrons. The van der Waals surface area contributed by atoms with Crippen LogP contribution in [-0.4, -0.2) is 60.6 Å². The predicted octanol–water partition coefficient (Wildman–Crippen LogP) is 2.71. The molecule has 2 aromatic carbocycles. The van der Waals surface area contributed by atoms with E-state index in [9.17, 15) is 28.8 Å². The van der Waals surface area contributed by atoms with E-state index in [2.05, 4.69) is 21.3 Å². The third kappa shape index (κ3) is 10.7. The van der Waals surface area contributed by atoms with Gasteiger partial charge in [-0.1, -0.05) is 69.7 Å². The Bertz CT molecular complexity index is 1320. The van der Waals surface area contributed by atoms with Crippen LogP contribution in [0.2, 0.25) is 0 Å². The van der Waals surface area contributed by atoms with Crippen LogP contribution in [0, 0.1) is 18.8 Å². The van der Waals surface area contributed by atoms with Gasteiger partial charge in [0, 0.05) is 13.3 Å². The first-order valence-electron chi connectivity index (χ1n) is 14.2. The SMILES string of the molecule is COC(=O)[C@H](CC(C)C)NC(=O)[C@H](Cc1ccccc1)NC(=O)[C@@H](NC(=O)C(=O)c1cc(C)ccc1NC(C)=O)C(C)C. The van der Waals surface area contributed by atoms with Crippen molar-refractivity contribution in [2.75, 3.05) is 12.4 Å². The summed E-state index contributed by atoms with van der Waals surface area (Å²) in [6, 6.07) is 10.5. The van der Waals surface area contributed by atoms with Crippen molar-refractivity contribution in [1.82, 2.24) is 16.0 Å². The van der Waals surface area contributed by atoms with Crippen LogP contribution in [0.1, 0.15) is 62.5 Å². The lowest BCUT2D eigenvalue weighted by atomic mass is 9.99. The van der Waals surface area contributed by atoms with Crippen LogP contribution in [-0.2, 0) is 35.1 Å². The second-order valence-corrected chi connectivity index (χ2v) is 11.2. The van der Waals surface area contributed by atoms with Crippen molar-refractivity contribution in [3.05, 3.63) is 65.2 Å². The predicted molar refractivity (Wildman–Crippen MR) is 162 cm³/mol. The number of methoxy groups -OCH3 is 1. The number of anilines is 1. The van der Waals surface area contributed by atoms with Gasteiger partial charge < -0.3 is 26.0 Å². The number of carbonyl (C=O) groups excluding carboxylic acids is 6. The number of aryl methyl sites for hydroxylation is 1. The maximum Gasteiger partial charge on any atom is 0.328 e. The van der Waals surface area contributed by atoms with Crippen molar-refractivity contribution in [3.8, 4) is 0 Å². The summed E-state index contributed by atoms with van der Waals surface area (Å²) >= 11 is 0. The van der Waals surface area contributed by atoms with Crippen LogP contribution in [0.4, 0.5) is 5.69 Å². The molecule has 0 bridgehead atoms. The van der Waals surface area contributed by atoms with Gasteiger partial charge in [0.1, 0.15) is 18.1 Å². The van der Waals surface area contributed by atoms with E-state index in [0.717, 1.165) is 5.56 Å². The van der Waals surface area contributed by atoms with E-state index in [-0.39, 0.29) is 23.6 Å². The molecule has 4 amide bonds. The number of rotatable bonds is 14. The minimum absolute atomic E-state index is 0.0176. The molecular formula is C32H42N4O7. The second-order valence-electron chi connectivity index (χ2n) is 11.2. The Balaban J connectivity index is 2.31. The number of Topliss-reactive ketones (excluding diaryl/α,β-unsaturated/α-hetero) is 1. The lowest BCUT2D eigenvalue weighted by Crippen LogP contribution is -2.58. The van der Waals surface area contributed by atoms with Gasteiger partial charge in [0.25, 0.3) is 11.7 Å². The highest BCUT2D eigenvalue weighted by molar-refractivity contribution is 6.44. The highest BCUT2D eigenvalue weighted by Gasteiger charge is 2.33. The van der Waals surface area contributed by atoms with Crippen LogP contribution >= 0.6 is 0 Å². The summed E-state index contributed by atoms with van der Waals surface area (Å²) in [7, 11) is 1.23. The Kier molecular flexibility index (Phi) is 13.0. The third-order valence-electron chi connectivity index (χ3n) is 6.60. The average Bonchev–Trinajstić information content (AvgIpc) is 2.94. The number of hydrogen-bond donors (Lipinski definition) is 4. The molecule has 4 N–H and O–H groups in total. The summed E-state index contributed by atoms with van der Waals surface area (Å²) in [4.78, 5) is 77.2. The van der Waals surface area contributed by atoms with Crippen molar-refractivity contribution < 1.29 is 33.5 Å². The Morgan fingerprint density at radius 3 is 2.00 bits per heavy atom. The van der Waals surface area contributed by atoms with Crippen LogP contribution < -0.4 is 21.3 Å². The standard InChI is InChI=1S/C32H42N4O7/c1-18(2)15-26(32(42)43-7)35-29(39)25(17-22-11-9-8-10-12-22)34-30(40)27(19(3)4)36-31(41)28(38)23-16-20(5)13-14-24(23)33-21(6)37/h8-14,16,18-19,25-27H,15,17H2,1-7H3,(H,33,37)(H,34,40)(H,35,39)(H,36,41)/t25-,26-,27-/m0/s1. The highest BCUT2D eigenvalue weighted by Crippen LogP contribution is 2.19. The van der Waals surface area contributed by atoms with E-state index >= 15 is 0 Å². The zero-order valence-corrected chi connectivity index (χ0v) is 25.8. The van der Waals surface area contributed by atoms with E-state index in [1.54, 1.807) is 51.1 Å². The quantitative estimate of drug-likeness (QED) is 0.149. The first-order valence-corrected chi connectivity index (χ1v) is 14.2. The van der Waals surface area contributed by atoms with Crippen molar-refractivity contribution in [2.24, 2.45) is 11.8 Å². The van der Waals surface area contributed by atoms with Gasteiger partial charge in [-0.2, -0.15) is 0 Å². The van der Waals surface area contributed by atoms with Gasteiger partial charge in [-0.15, -0.1) is 0 Å². The Hall–Kier alpha value is -4.54. The van der Waals surface area contributed by atoms with Gasteiger partial charge in [0.2, 0.25) is 17.7 Å². The topological polar surface area (TPSA) is 160 Å². The van der Waals surface area contributed by atoms with Gasteiger partial charge in [-0.3, -0.25) is 24.0 Å². The molecule has 11 nitrogen and oxygen atoms in total. The van der Waals surface area contributed by atoms with Gasteiger partial charge in [0.15, 0.2) is 0 Å². The summed E-state index contributed by atoms with van der Waals surface area (Å²) in [5, 5.41) is 10.4. The first-order chi connectivity index (χ1) is 20.2. The Morgan fingerprint density at radius 1 is 0.814 bits per heavy atom. The molecular weight excluding hydrogens is 552 g/mol. The molecule has 0 saturated heterocycles. The summed E-state index contributed by atoms with van der Waals surface area (Å²) in [6.07, 6.45) is 0.436. The molecule has 2 aromatic rings. The van der Waals surface area contributed by atoms with Crippen molar-refractivity contribution in [1.29, 1.82) is 0 Å². The maximum atomic E-state index is 13.5. The molecule has 3 atom stereocenters. The van der Waals surface area contributed by atoms with Crippen LogP contribution in [0.25, 0.3) is 0 Å². The fraction of sp³-hybridized carbons (Fsp3) is 0.438. The minimum Gasteiger partial charge on any atom is -0.467 e. The van der Waals surface area contributed by atoms with Gasteiger partial charge in [-0.25, -0.2) is 4.79 Å². The number of hydrogen-bond acceptors (Lipinski definition) is 7. The molecule has 0 aliphatic heterocycles. The summed E-state index contributed by atoms with van der Waals surface area (Å²) in [5.74, 6) is -4.67. The number of carbonyl (C=O) groups is 6. The number of ketones is 1. The molecule has 2 rings (SSSR count). The molecule has 0 aliphatic carbocycles. The van der Waals surface area contributed by atoms with Crippen molar-refractivity contribution in [3.63, 3.8) is 0 Å². The van der Waals surface area contributed by atoms with Gasteiger partial charge in [-0.05, 0) is 42.9 Å². The van der Waals surface area contributed by atoms with Gasteiger partial charge >= 0.3 is 5.97 Å². The van der Waals surface area contributed by atoms with Gasteiger partial charge in [0.05, 0.1) is 18.4 Å². The van der Waals surface area contributed by atoms with E-state index in [0.29, 0.717) is 12.0 Å². The van der Waals surface area contributed by atoms with E-state index in [1.807, 2.05) is 19.9 Å². The number of ether oxygens (including phenoxy) is 1. The molecule has 0 unspecified atom stereocenters. The number of amides is 4. The number of esters is 1. The summed E-state index contributed by atoms with van der Waals surface area (Å²) < 4.78 is 4.86. The molecule has 11 heteroatoms. The smallest absolute Gasteiger partial charge is 0.328 e. The number of benzene rings is 2. The summed E-state index contributed by atoms with van der Waals surface area (Å²) in [6.45, 7) is 10.2. The van der Waals surface area contributed by atoms with E-state index in [1.165, 1.54) is 26.2 Å². The zero-order valence-electron chi connectivity index (χ0n) is 25.8. The number of nitrogens with one attached hydrogen (secondary N) is 4. The zero-order chi connectivity index (χ0) is 32.3. The lowest BCUT2D eigenvalue weighted by Gasteiger charge is -2.27. The molecule has 232 valence electrons. The molecule has 0 fully saturated rings. The molecule has 0 aromatic heterocycles. The molecule has 0 spiro atoms. The summed E-state index contributed by atoms with van der Waals surface area (Å²) in [5.41, 5.74) is 1.61. The molecule has 43 heavy (non-hydrogen) atoms. The Labute approximate surface area is 252 Å². The normalized spacial score (nSPS) is 13.0. The van der Waals surface area contributed by atoms with Crippen LogP contribution in [0.15, 0.2) is 48.5 Å². The third-order valence-corrected chi connectivity index (χ3v) is 6.60. The van der Waals surface area contributed by atoms with Crippen molar-refractivity contribution in [2.45, 2.75) is 72.5 Å². The fourth-order valence-corrected chi connectivity index (χ4v) is 4.43. The second kappa shape index (κ2) is 16.2. The minimum atomic E-state index is -1.18. The van der Waals surface area contributed by atoms with Crippen LogP contribution in [0.5, 0.6) is 0 Å². The van der Waals surface area contributed by atoms with E-state index in [4.69, 9.17) is 4.74 Å². The first kappa shape index (κ1) is 34.7. The van der Waals surface area contributed by atoms with Crippen molar-refractivity contribution >= 4 is 41.1 Å². The van der Waals surface area contributed by atoms with Crippen LogP contribution in [0.3, 0.4) is 0 Å². The van der Waals surface area contributed by atoms with E-state index < -0.39 is 59.4 Å². The highest BCUT2D eigenvalue weighted by atomic mass is 16.5.